The average Bonchev–Trinajstić information content (AvgIpc) is 3.55. The van der Waals surface area contributed by atoms with Gasteiger partial charge in [-0.3, -0.25) is 4.79 Å². The number of aromatic nitrogens is 2. The molecule has 0 aliphatic heterocycles. The number of aryl methyl sites for hydroxylation is 1. The highest BCUT2D eigenvalue weighted by atomic mass is 32.2. The van der Waals surface area contributed by atoms with Crippen molar-refractivity contribution in [3.8, 4) is 0 Å². The predicted molar refractivity (Wildman–Crippen MR) is 124 cm³/mol. The first-order valence-corrected chi connectivity index (χ1v) is 11.8. The highest BCUT2D eigenvalue weighted by Crippen LogP contribution is 2.29. The Morgan fingerprint density at radius 2 is 1.94 bits per heavy atom. The molecule has 10 nitrogen and oxygen atoms in total. The quantitative estimate of drug-likeness (QED) is 0.343. The zero-order valence-corrected chi connectivity index (χ0v) is 19.6. The van der Waals surface area contributed by atoms with Crippen molar-refractivity contribution in [2.24, 2.45) is 0 Å². The van der Waals surface area contributed by atoms with E-state index in [9.17, 15) is 14.4 Å². The Morgan fingerprint density at radius 1 is 1.18 bits per heavy atom. The molecular weight excluding hydrogens is 460 g/mol. The first kappa shape index (κ1) is 23.6. The first-order valence-electron chi connectivity index (χ1n) is 10.8. The second-order valence-electron chi connectivity index (χ2n) is 7.66. The van der Waals surface area contributed by atoms with E-state index in [1.165, 1.54) is 11.8 Å². The van der Waals surface area contributed by atoms with Crippen LogP contribution in [0.1, 0.15) is 52.1 Å². The monoisotopic (exact) mass is 484 g/mol. The molecule has 1 aromatic carbocycles. The number of carbonyl (C=O) groups is 3. The van der Waals surface area contributed by atoms with Crippen molar-refractivity contribution in [3.05, 3.63) is 47.0 Å². The number of rotatable bonds is 9. The third kappa shape index (κ3) is 5.30. The van der Waals surface area contributed by atoms with Gasteiger partial charge in [-0.2, -0.15) is 4.98 Å². The van der Waals surface area contributed by atoms with Crippen molar-refractivity contribution in [3.63, 3.8) is 0 Å². The van der Waals surface area contributed by atoms with Gasteiger partial charge in [-0.05, 0) is 38.8 Å². The fourth-order valence-corrected chi connectivity index (χ4v) is 4.16. The van der Waals surface area contributed by atoms with Crippen LogP contribution in [0.4, 0.5) is 5.82 Å². The molecule has 0 bridgehead atoms. The lowest BCUT2D eigenvalue weighted by molar-refractivity contribution is -0.118. The number of furan rings is 1. The molecule has 1 saturated carbocycles. The van der Waals surface area contributed by atoms with Crippen LogP contribution in [-0.2, 0) is 20.9 Å². The predicted octanol–water partition coefficient (Wildman–Crippen LogP) is 3.02. The Balaban J connectivity index is 1.45. The molecule has 1 fully saturated rings. The number of anilines is 1. The van der Waals surface area contributed by atoms with Gasteiger partial charge in [-0.25, -0.2) is 14.6 Å². The maximum atomic E-state index is 12.7. The Hall–Kier alpha value is -3.60. The summed E-state index contributed by atoms with van der Waals surface area (Å²) in [6.45, 7) is 3.24. The first-order chi connectivity index (χ1) is 16.4. The normalized spacial score (nSPS) is 13.0. The fraction of sp³-hybridized carbons (Fsp3) is 0.348. The summed E-state index contributed by atoms with van der Waals surface area (Å²) in [5, 5.41) is 3.18. The van der Waals surface area contributed by atoms with Crippen LogP contribution in [0, 0.1) is 6.92 Å². The number of amides is 1. The molecule has 1 amide bonds. The van der Waals surface area contributed by atoms with Crippen LogP contribution in [0.25, 0.3) is 11.1 Å². The second kappa shape index (κ2) is 10.1. The highest BCUT2D eigenvalue weighted by Gasteiger charge is 2.25. The average molecular weight is 485 g/mol. The summed E-state index contributed by atoms with van der Waals surface area (Å²) >= 11 is 1.27. The van der Waals surface area contributed by atoms with Gasteiger partial charge in [-0.1, -0.05) is 12.1 Å². The van der Waals surface area contributed by atoms with E-state index in [-0.39, 0.29) is 59.2 Å². The molecule has 0 atom stereocenters. The molecule has 0 unspecified atom stereocenters. The Kier molecular flexibility index (Phi) is 7.01. The van der Waals surface area contributed by atoms with E-state index in [1.54, 1.807) is 38.1 Å². The summed E-state index contributed by atoms with van der Waals surface area (Å²) < 4.78 is 16.0. The molecule has 1 aliphatic rings. The lowest BCUT2D eigenvalue weighted by atomic mass is 10.2. The van der Waals surface area contributed by atoms with E-state index in [2.05, 4.69) is 15.3 Å². The maximum Gasteiger partial charge on any atom is 0.342 e. The van der Waals surface area contributed by atoms with Crippen molar-refractivity contribution >= 4 is 46.5 Å². The van der Waals surface area contributed by atoms with Crippen LogP contribution in [0.5, 0.6) is 0 Å². The molecule has 2 heterocycles. The van der Waals surface area contributed by atoms with Gasteiger partial charge in [0.1, 0.15) is 17.1 Å². The van der Waals surface area contributed by atoms with Gasteiger partial charge < -0.3 is 24.9 Å². The van der Waals surface area contributed by atoms with E-state index in [0.29, 0.717) is 16.2 Å². The Labute approximate surface area is 199 Å². The number of benzene rings is 1. The van der Waals surface area contributed by atoms with Crippen LogP contribution in [0.15, 0.2) is 33.6 Å². The van der Waals surface area contributed by atoms with Crippen molar-refractivity contribution in [2.45, 2.75) is 44.2 Å². The highest BCUT2D eigenvalue weighted by molar-refractivity contribution is 8.00. The van der Waals surface area contributed by atoms with Crippen molar-refractivity contribution < 1.29 is 28.3 Å². The molecule has 0 radical (unpaired) electrons. The van der Waals surface area contributed by atoms with Crippen molar-refractivity contribution in [1.29, 1.82) is 0 Å². The summed E-state index contributed by atoms with van der Waals surface area (Å²) in [5.41, 5.74) is 6.67. The van der Waals surface area contributed by atoms with Gasteiger partial charge >= 0.3 is 11.9 Å². The third-order valence-corrected chi connectivity index (χ3v) is 6.10. The van der Waals surface area contributed by atoms with E-state index < -0.39 is 11.9 Å². The molecule has 2 aromatic heterocycles. The molecular formula is C23H24N4O6S. The minimum absolute atomic E-state index is 0.0218. The lowest BCUT2D eigenvalue weighted by Gasteiger charge is -2.09. The number of fused-ring (bicyclic) bond motifs is 1. The molecule has 1 aliphatic carbocycles. The van der Waals surface area contributed by atoms with E-state index in [4.69, 9.17) is 19.6 Å². The Morgan fingerprint density at radius 3 is 2.68 bits per heavy atom. The van der Waals surface area contributed by atoms with E-state index >= 15 is 0 Å². The zero-order chi connectivity index (χ0) is 24.2. The van der Waals surface area contributed by atoms with Crippen LogP contribution >= 0.6 is 11.8 Å². The van der Waals surface area contributed by atoms with Crippen LogP contribution in [0.2, 0.25) is 0 Å². The fourth-order valence-electron chi connectivity index (χ4n) is 3.31. The molecule has 0 spiro atoms. The number of nitrogens with one attached hydrogen (secondary N) is 1. The summed E-state index contributed by atoms with van der Waals surface area (Å²) in [7, 11) is 0. The minimum Gasteiger partial charge on any atom is -0.462 e. The van der Waals surface area contributed by atoms with Crippen molar-refractivity contribution in [1.82, 2.24) is 15.3 Å². The number of ether oxygens (including phenoxy) is 2. The van der Waals surface area contributed by atoms with Crippen LogP contribution < -0.4 is 11.1 Å². The molecule has 11 heteroatoms. The lowest BCUT2D eigenvalue weighted by Crippen LogP contribution is -2.27. The van der Waals surface area contributed by atoms with Crippen molar-refractivity contribution in [2.75, 3.05) is 18.1 Å². The number of carbonyl (C=O) groups excluding carboxylic acids is 3. The molecule has 4 rings (SSSR count). The summed E-state index contributed by atoms with van der Waals surface area (Å²) in [4.78, 5) is 46.0. The van der Waals surface area contributed by atoms with Crippen LogP contribution in [0.3, 0.4) is 0 Å². The van der Waals surface area contributed by atoms with Gasteiger partial charge in [0.2, 0.25) is 11.6 Å². The number of thioether (sulfide) groups is 1. The summed E-state index contributed by atoms with van der Waals surface area (Å²) in [6.07, 6.45) is 2.03. The van der Waals surface area contributed by atoms with E-state index in [1.807, 2.05) is 0 Å². The standard InChI is InChI=1S/C23H24N4O6S/c1-3-31-23(30)18-12(2)33-21-19(18)20(24)26-16(27-21)10-32-22(29)14-6-4-5-7-15(14)34-11-17(28)25-13-8-9-13/h4-7,13H,3,8-11H2,1-2H3,(H,25,28)(H2,24,26,27). The maximum absolute atomic E-state index is 12.7. The number of nitrogens with two attached hydrogens (primary N) is 1. The topological polar surface area (TPSA) is 147 Å². The zero-order valence-electron chi connectivity index (χ0n) is 18.8. The number of hydrogen-bond acceptors (Lipinski definition) is 10. The van der Waals surface area contributed by atoms with Gasteiger partial charge in [0.05, 0.1) is 23.3 Å². The smallest absolute Gasteiger partial charge is 0.342 e. The third-order valence-electron chi connectivity index (χ3n) is 5.02. The number of nitrogens with zero attached hydrogens (tertiary/aromatic N) is 2. The van der Waals surface area contributed by atoms with Gasteiger partial charge in [-0.15, -0.1) is 11.8 Å². The molecule has 0 saturated heterocycles. The largest absolute Gasteiger partial charge is 0.462 e. The van der Waals surface area contributed by atoms with Gasteiger partial charge in [0.25, 0.3) is 0 Å². The van der Waals surface area contributed by atoms with Gasteiger partial charge in [0, 0.05) is 10.9 Å². The molecule has 178 valence electrons. The minimum atomic E-state index is -0.587. The number of esters is 2. The van der Waals surface area contributed by atoms with E-state index in [0.717, 1.165) is 12.8 Å². The molecule has 3 N–H and O–H groups in total. The van der Waals surface area contributed by atoms with Crippen LogP contribution in [-0.4, -0.2) is 46.2 Å². The molecule has 34 heavy (non-hydrogen) atoms. The number of hydrogen-bond donors (Lipinski definition) is 2. The summed E-state index contributed by atoms with van der Waals surface area (Å²) in [6, 6.07) is 7.17. The SMILES string of the molecule is CCOC(=O)c1c(C)oc2nc(COC(=O)c3ccccc3SCC(=O)NC3CC3)nc(N)c12. The summed E-state index contributed by atoms with van der Waals surface area (Å²) in [5.74, 6) is -0.573. The molecule has 3 aromatic rings. The Bertz CT molecular complexity index is 1250. The number of nitrogen functional groups attached to an aromatic ring is 1. The second-order valence-corrected chi connectivity index (χ2v) is 8.68. The van der Waals surface area contributed by atoms with Gasteiger partial charge in [0.15, 0.2) is 12.4 Å².